The highest BCUT2D eigenvalue weighted by Gasteiger charge is 2.14. The van der Waals surface area contributed by atoms with Crippen molar-refractivity contribution in [2.24, 2.45) is 14.1 Å². The molecule has 2 aromatic rings. The molecule has 0 saturated heterocycles. The number of fused-ring (bicyclic) bond motifs is 1. The Morgan fingerprint density at radius 2 is 1.91 bits per heavy atom. The van der Waals surface area contributed by atoms with Crippen molar-refractivity contribution < 1.29 is 0 Å². The lowest BCUT2D eigenvalue weighted by Gasteiger charge is -2.20. The van der Waals surface area contributed by atoms with Gasteiger partial charge in [-0.1, -0.05) is 24.0 Å². The van der Waals surface area contributed by atoms with Gasteiger partial charge in [-0.15, -0.1) is 0 Å². The topological polar surface area (TPSA) is 65.1 Å². The Morgan fingerprint density at radius 1 is 1.26 bits per heavy atom. The summed E-state index contributed by atoms with van der Waals surface area (Å²) in [6.45, 7) is 6.53. The average Bonchev–Trinajstić information content (AvgIpc) is 2.96. The minimum Gasteiger partial charge on any atom is -0.358 e. The average molecular weight is 355 g/mol. The molecule has 0 aliphatic rings. The van der Waals surface area contributed by atoms with E-state index in [9.17, 15) is 9.59 Å². The Labute approximate surface area is 143 Å². The van der Waals surface area contributed by atoms with Gasteiger partial charge in [0.15, 0.2) is 11.2 Å². The van der Waals surface area contributed by atoms with Gasteiger partial charge in [0.25, 0.3) is 5.56 Å². The van der Waals surface area contributed by atoms with Crippen molar-refractivity contribution in [3.63, 3.8) is 0 Å². The van der Waals surface area contributed by atoms with Crippen LogP contribution in [0.4, 0.5) is 0 Å². The third-order valence-corrected chi connectivity index (χ3v) is 5.30. The van der Waals surface area contributed by atoms with Crippen LogP contribution in [-0.2, 0) is 20.6 Å². The fourth-order valence-electron chi connectivity index (χ4n) is 2.37. The Morgan fingerprint density at radius 3 is 2.52 bits per heavy atom. The van der Waals surface area contributed by atoms with Crippen LogP contribution in [0.3, 0.4) is 0 Å². The van der Waals surface area contributed by atoms with Gasteiger partial charge in [-0.25, -0.2) is 9.78 Å². The van der Waals surface area contributed by atoms with E-state index in [4.69, 9.17) is 12.2 Å². The van der Waals surface area contributed by atoms with E-state index in [0.717, 1.165) is 27.7 Å². The molecule has 23 heavy (non-hydrogen) atoms. The number of imidazole rings is 1. The van der Waals surface area contributed by atoms with Crippen LogP contribution in [-0.4, -0.2) is 46.7 Å². The number of rotatable bonds is 5. The van der Waals surface area contributed by atoms with Crippen LogP contribution in [0, 0.1) is 0 Å². The minimum absolute atomic E-state index is 0.322. The molecule has 0 fully saturated rings. The summed E-state index contributed by atoms with van der Waals surface area (Å²) in [6, 6.07) is 0. The van der Waals surface area contributed by atoms with Crippen molar-refractivity contribution in [2.45, 2.75) is 20.4 Å². The molecule has 9 heteroatoms. The molecule has 0 amide bonds. The maximum atomic E-state index is 12.3. The van der Waals surface area contributed by atoms with E-state index < -0.39 is 0 Å². The van der Waals surface area contributed by atoms with Crippen LogP contribution >= 0.6 is 24.0 Å². The molecule has 2 heterocycles. The molecule has 0 atom stereocenters. The van der Waals surface area contributed by atoms with E-state index in [2.05, 4.69) is 23.7 Å². The molecule has 0 aliphatic carbocycles. The summed E-state index contributed by atoms with van der Waals surface area (Å²) in [5.74, 6) is 0.743. The molecule has 2 aromatic heterocycles. The van der Waals surface area contributed by atoms with Gasteiger partial charge in [0.05, 0.1) is 6.33 Å². The molecular weight excluding hydrogens is 334 g/mol. The molecule has 0 unspecified atom stereocenters. The summed E-state index contributed by atoms with van der Waals surface area (Å²) in [6.07, 6.45) is 1.60. The van der Waals surface area contributed by atoms with Gasteiger partial charge in [0.2, 0.25) is 0 Å². The summed E-state index contributed by atoms with van der Waals surface area (Å²) >= 11 is 6.99. The van der Waals surface area contributed by atoms with Gasteiger partial charge < -0.3 is 9.47 Å². The van der Waals surface area contributed by atoms with Gasteiger partial charge in [-0.3, -0.25) is 13.9 Å². The second-order valence-electron chi connectivity index (χ2n) is 5.10. The lowest BCUT2D eigenvalue weighted by molar-refractivity contribution is 0.482. The Balaban J connectivity index is 2.21. The lowest BCUT2D eigenvalue weighted by Crippen LogP contribution is -2.37. The molecule has 126 valence electrons. The SMILES string of the molecule is CCN(CC)C(=S)SCCn1cnc2c1c(=O)n(C)c(=O)n2C. The quantitative estimate of drug-likeness (QED) is 0.739. The van der Waals surface area contributed by atoms with Crippen LogP contribution in [0.5, 0.6) is 0 Å². The first-order chi connectivity index (χ1) is 10.9. The fourth-order valence-corrected chi connectivity index (χ4v) is 3.78. The number of aromatic nitrogens is 4. The zero-order valence-corrected chi connectivity index (χ0v) is 15.4. The van der Waals surface area contributed by atoms with Crippen LogP contribution in [0.15, 0.2) is 15.9 Å². The van der Waals surface area contributed by atoms with Crippen LogP contribution in [0.2, 0.25) is 0 Å². The first-order valence-corrected chi connectivity index (χ1v) is 8.84. The molecule has 0 aromatic carbocycles. The monoisotopic (exact) mass is 355 g/mol. The van der Waals surface area contributed by atoms with E-state index in [1.807, 2.05) is 0 Å². The highest BCUT2D eigenvalue weighted by molar-refractivity contribution is 8.22. The highest BCUT2D eigenvalue weighted by atomic mass is 32.2. The van der Waals surface area contributed by atoms with Crippen molar-refractivity contribution >= 4 is 39.5 Å². The van der Waals surface area contributed by atoms with E-state index in [-0.39, 0.29) is 11.2 Å². The minimum atomic E-state index is -0.371. The second kappa shape index (κ2) is 7.31. The zero-order chi connectivity index (χ0) is 17.1. The van der Waals surface area contributed by atoms with Gasteiger partial charge in [0, 0.05) is 39.5 Å². The third kappa shape index (κ3) is 3.35. The van der Waals surface area contributed by atoms with Crippen LogP contribution < -0.4 is 11.2 Å². The first kappa shape index (κ1) is 17.7. The molecule has 0 bridgehead atoms. The molecule has 0 spiro atoms. The van der Waals surface area contributed by atoms with Crippen molar-refractivity contribution in [1.29, 1.82) is 0 Å². The molecule has 0 N–H and O–H groups in total. The predicted molar refractivity (Wildman–Crippen MR) is 98.2 cm³/mol. The van der Waals surface area contributed by atoms with Crippen LogP contribution in [0.25, 0.3) is 11.2 Å². The van der Waals surface area contributed by atoms with Crippen molar-refractivity contribution in [3.8, 4) is 0 Å². The van der Waals surface area contributed by atoms with Crippen molar-refractivity contribution in [2.75, 3.05) is 18.8 Å². The Hall–Kier alpha value is -1.61. The number of hydrogen-bond donors (Lipinski definition) is 0. The van der Waals surface area contributed by atoms with E-state index in [0.29, 0.717) is 17.7 Å². The number of nitrogens with zero attached hydrogens (tertiary/aromatic N) is 5. The lowest BCUT2D eigenvalue weighted by atomic mass is 10.5. The number of thioether (sulfide) groups is 1. The Kier molecular flexibility index (Phi) is 5.64. The van der Waals surface area contributed by atoms with Crippen molar-refractivity contribution in [3.05, 3.63) is 27.2 Å². The normalized spacial score (nSPS) is 11.1. The fraction of sp³-hybridized carbons (Fsp3) is 0.571. The largest absolute Gasteiger partial charge is 0.358 e. The first-order valence-electron chi connectivity index (χ1n) is 7.44. The molecule has 2 rings (SSSR count). The zero-order valence-electron chi connectivity index (χ0n) is 13.8. The molecule has 7 nitrogen and oxygen atoms in total. The maximum absolute atomic E-state index is 12.3. The highest BCUT2D eigenvalue weighted by Crippen LogP contribution is 2.12. The molecule has 0 radical (unpaired) electrons. The summed E-state index contributed by atoms with van der Waals surface area (Å²) in [5.41, 5.74) is 0.167. The van der Waals surface area contributed by atoms with E-state index >= 15 is 0 Å². The molecule has 0 saturated carbocycles. The summed E-state index contributed by atoms with van der Waals surface area (Å²) in [5, 5.41) is 0. The predicted octanol–water partition coefficient (Wildman–Crippen LogP) is 0.794. The molecule has 0 aliphatic heterocycles. The van der Waals surface area contributed by atoms with Gasteiger partial charge >= 0.3 is 5.69 Å². The second-order valence-corrected chi connectivity index (χ2v) is 6.83. The van der Waals surface area contributed by atoms with Gasteiger partial charge in [-0.2, -0.15) is 0 Å². The van der Waals surface area contributed by atoms with Gasteiger partial charge in [-0.05, 0) is 13.8 Å². The number of aryl methyl sites for hydroxylation is 2. The molecular formula is C14H21N5O2S2. The maximum Gasteiger partial charge on any atom is 0.332 e. The van der Waals surface area contributed by atoms with Crippen molar-refractivity contribution in [1.82, 2.24) is 23.6 Å². The summed E-state index contributed by atoms with van der Waals surface area (Å²) in [7, 11) is 3.09. The Bertz CT molecular complexity index is 832. The van der Waals surface area contributed by atoms with E-state index in [1.165, 1.54) is 11.6 Å². The standard InChI is InChI=1S/C14H21N5O2S2/c1-5-18(6-2)14(22)23-8-7-19-9-15-11-10(19)12(20)17(4)13(21)16(11)3/h9H,5-8H2,1-4H3. The third-order valence-electron chi connectivity index (χ3n) is 3.80. The number of hydrogen-bond acceptors (Lipinski definition) is 5. The van der Waals surface area contributed by atoms with Gasteiger partial charge in [0.1, 0.15) is 4.32 Å². The summed E-state index contributed by atoms with van der Waals surface area (Å²) in [4.78, 5) is 30.6. The smallest absolute Gasteiger partial charge is 0.332 e. The summed E-state index contributed by atoms with van der Waals surface area (Å²) < 4.78 is 5.14. The van der Waals surface area contributed by atoms with E-state index in [1.54, 1.807) is 29.7 Å². The number of thiocarbonyl (C=S) groups is 1. The van der Waals surface area contributed by atoms with Crippen LogP contribution in [0.1, 0.15) is 13.8 Å².